The molecule has 8 heavy (non-hydrogen) atoms. The molecule has 0 bridgehead atoms. The monoisotopic (exact) mass is 196 g/mol. The molecule has 0 spiro atoms. The molecule has 0 unspecified atom stereocenters. The van der Waals surface area contributed by atoms with Crippen molar-refractivity contribution in [3.05, 3.63) is 0 Å². The standard InChI is InChI=1S/FH2O4P.Fe.Na.H/c1-5-6(2,3)4;;;/h(H2,2,3,4);;;/q;;+1;-1. The number of rotatable bonds is 1. The molecular formula is H3FFeNaO4P. The molecule has 4 nitrogen and oxygen atoms in total. The molecule has 0 aromatic heterocycles. The van der Waals surface area contributed by atoms with Crippen LogP contribution < -0.4 is 29.6 Å². The van der Waals surface area contributed by atoms with E-state index in [1.54, 1.807) is 0 Å². The van der Waals surface area contributed by atoms with Gasteiger partial charge in [0.1, 0.15) is 0 Å². The van der Waals surface area contributed by atoms with Gasteiger partial charge in [0, 0.05) is 17.1 Å². The van der Waals surface area contributed by atoms with E-state index in [4.69, 9.17) is 14.4 Å². The Balaban J connectivity index is -0.0000000417. The summed E-state index contributed by atoms with van der Waals surface area (Å²) in [6.45, 7) is 0. The van der Waals surface area contributed by atoms with Crippen molar-refractivity contribution in [1.82, 2.24) is 0 Å². The van der Waals surface area contributed by atoms with Gasteiger partial charge in [0.15, 0.2) is 0 Å². The van der Waals surface area contributed by atoms with Crippen molar-refractivity contribution >= 4 is 7.82 Å². The fourth-order valence-corrected chi connectivity index (χ4v) is 0. The zero-order chi connectivity index (χ0) is 5.21. The maximum absolute atomic E-state index is 10.2. The van der Waals surface area contributed by atoms with Crippen LogP contribution in [0, 0.1) is 0 Å². The van der Waals surface area contributed by atoms with E-state index in [0.717, 1.165) is 0 Å². The summed E-state index contributed by atoms with van der Waals surface area (Å²) >= 11 is 0. The average Bonchev–Trinajstić information content (AvgIpc) is 1.35. The van der Waals surface area contributed by atoms with E-state index in [1.165, 1.54) is 0 Å². The molecule has 48 valence electrons. The SMILES string of the molecule is O=P(O)(O)OF.[Fe].[H-].[Na+]. The van der Waals surface area contributed by atoms with Gasteiger partial charge in [0.2, 0.25) is 0 Å². The average molecular weight is 196 g/mol. The summed E-state index contributed by atoms with van der Waals surface area (Å²) in [5.74, 6) is 0. The van der Waals surface area contributed by atoms with Crippen LogP contribution >= 0.6 is 7.82 Å². The maximum atomic E-state index is 10.2. The Kier molecular flexibility index (Phi) is 13.6. The van der Waals surface area contributed by atoms with Gasteiger partial charge in [0.25, 0.3) is 0 Å². The second kappa shape index (κ2) is 6.68. The number of hydrogen-bond acceptors (Lipinski definition) is 2. The fourth-order valence-electron chi connectivity index (χ4n) is 0. The molecule has 0 saturated carbocycles. The van der Waals surface area contributed by atoms with Crippen molar-refractivity contribution in [3.8, 4) is 0 Å². The van der Waals surface area contributed by atoms with Gasteiger partial charge in [-0.1, -0.05) is 4.73 Å². The maximum Gasteiger partial charge on any atom is 1.00 e. The first-order valence-corrected chi connectivity index (χ1v) is 2.45. The summed E-state index contributed by atoms with van der Waals surface area (Å²) in [5.41, 5.74) is 0. The van der Waals surface area contributed by atoms with E-state index in [2.05, 4.69) is 4.73 Å². The van der Waals surface area contributed by atoms with Crippen molar-refractivity contribution in [2.75, 3.05) is 0 Å². The summed E-state index contributed by atoms with van der Waals surface area (Å²) in [6.07, 6.45) is 0. The van der Waals surface area contributed by atoms with E-state index < -0.39 is 7.82 Å². The molecule has 0 aliphatic heterocycles. The van der Waals surface area contributed by atoms with Crippen molar-refractivity contribution in [2.24, 2.45) is 0 Å². The summed E-state index contributed by atoms with van der Waals surface area (Å²) in [4.78, 5) is 14.7. The van der Waals surface area contributed by atoms with Crippen LogP contribution in [0.2, 0.25) is 0 Å². The van der Waals surface area contributed by atoms with Gasteiger partial charge < -0.3 is 11.2 Å². The molecular weight excluding hydrogens is 193 g/mol. The molecule has 8 heteroatoms. The molecule has 0 radical (unpaired) electrons. The Labute approximate surface area is 79.2 Å². The number of phosphoric acid groups is 1. The second-order valence-electron chi connectivity index (χ2n) is 0.560. The Morgan fingerprint density at radius 3 is 1.75 bits per heavy atom. The van der Waals surface area contributed by atoms with Crippen LogP contribution in [0.4, 0.5) is 4.53 Å². The smallest absolute Gasteiger partial charge is 1.00 e. The largest absolute Gasteiger partial charge is 1.00 e. The molecule has 0 saturated heterocycles. The molecule has 0 fully saturated rings. The topological polar surface area (TPSA) is 66.8 Å². The third-order valence-corrected chi connectivity index (χ3v) is 0.270. The summed E-state index contributed by atoms with van der Waals surface area (Å²) in [5, 5.41) is 0. The Hall–Kier alpha value is 1.56. The van der Waals surface area contributed by atoms with Gasteiger partial charge >= 0.3 is 37.4 Å². The quantitative estimate of drug-likeness (QED) is 0.348. The molecule has 2 N–H and O–H groups in total. The van der Waals surface area contributed by atoms with Gasteiger partial charge in [0.05, 0.1) is 0 Å². The fraction of sp³-hybridized carbons (Fsp3) is 0. The Morgan fingerprint density at radius 2 is 1.75 bits per heavy atom. The normalized spacial score (nSPS) is 8.88. The molecule has 0 heterocycles. The van der Waals surface area contributed by atoms with E-state index in [9.17, 15) is 4.53 Å². The van der Waals surface area contributed by atoms with Crippen LogP contribution in [0.5, 0.6) is 0 Å². The molecule has 0 aromatic rings. The van der Waals surface area contributed by atoms with Crippen LogP contribution in [0.25, 0.3) is 0 Å². The van der Waals surface area contributed by atoms with Crippen LogP contribution in [-0.2, 0) is 26.4 Å². The third kappa shape index (κ3) is 15.6. The summed E-state index contributed by atoms with van der Waals surface area (Å²) < 4.78 is 21.4. The van der Waals surface area contributed by atoms with Crippen LogP contribution in [-0.4, -0.2) is 9.79 Å². The van der Waals surface area contributed by atoms with Crippen LogP contribution in [0.1, 0.15) is 1.43 Å². The Morgan fingerprint density at radius 1 is 1.62 bits per heavy atom. The van der Waals surface area contributed by atoms with E-state index in [-0.39, 0.29) is 48.1 Å². The molecule has 0 atom stereocenters. The van der Waals surface area contributed by atoms with Gasteiger partial charge in [-0.25, -0.2) is 4.57 Å². The van der Waals surface area contributed by atoms with Crippen LogP contribution in [0.15, 0.2) is 0 Å². The molecule has 0 amide bonds. The van der Waals surface area contributed by atoms with Crippen molar-refractivity contribution in [2.45, 2.75) is 0 Å². The van der Waals surface area contributed by atoms with Crippen molar-refractivity contribution in [1.29, 1.82) is 0 Å². The van der Waals surface area contributed by atoms with Gasteiger partial charge in [-0.2, -0.15) is 0 Å². The Bertz CT molecular complexity index is 84.6. The first kappa shape index (κ1) is 16.3. The van der Waals surface area contributed by atoms with Crippen molar-refractivity contribution < 1.29 is 71.7 Å². The summed E-state index contributed by atoms with van der Waals surface area (Å²) in [7, 11) is -4.81. The van der Waals surface area contributed by atoms with Gasteiger partial charge in [-0.05, 0) is 4.53 Å². The predicted octanol–water partition coefficient (Wildman–Crippen LogP) is -2.91. The molecule has 0 aliphatic carbocycles. The minimum atomic E-state index is -4.81. The van der Waals surface area contributed by atoms with Gasteiger partial charge in [-0.15, -0.1) is 0 Å². The minimum absolute atomic E-state index is 0. The first-order valence-electron chi connectivity index (χ1n) is 0.919. The first-order chi connectivity index (χ1) is 2.56. The number of halogens is 1. The predicted molar refractivity (Wildman–Crippen MR) is 15.3 cm³/mol. The summed E-state index contributed by atoms with van der Waals surface area (Å²) in [6, 6.07) is 0. The van der Waals surface area contributed by atoms with E-state index >= 15 is 0 Å². The third-order valence-electron chi connectivity index (χ3n) is 0.0899. The second-order valence-corrected chi connectivity index (χ2v) is 1.68. The number of hydrogen-bond donors (Lipinski definition) is 2. The minimum Gasteiger partial charge on any atom is -1.00 e. The zero-order valence-corrected chi connectivity index (χ0v) is 7.89. The molecule has 0 aliphatic rings. The molecule has 0 rings (SSSR count). The molecule has 0 aromatic carbocycles. The van der Waals surface area contributed by atoms with Crippen LogP contribution in [0.3, 0.4) is 0 Å². The van der Waals surface area contributed by atoms with E-state index in [1.807, 2.05) is 0 Å². The van der Waals surface area contributed by atoms with Crippen molar-refractivity contribution in [3.63, 3.8) is 0 Å². The zero-order valence-electron chi connectivity index (χ0n) is 4.89. The van der Waals surface area contributed by atoms with Gasteiger partial charge in [-0.3, -0.25) is 0 Å². The van der Waals surface area contributed by atoms with E-state index in [0.29, 0.717) is 0 Å².